The summed E-state index contributed by atoms with van der Waals surface area (Å²) in [5, 5.41) is 25.6. The van der Waals surface area contributed by atoms with Crippen LogP contribution in [0.4, 0.5) is 79.8 Å². The number of benzene rings is 6. The smallest absolute Gasteiger partial charge is 0.363 e. The van der Waals surface area contributed by atoms with Gasteiger partial charge in [-0.1, -0.05) is 36.4 Å². The number of alkyl halides is 12. The van der Waals surface area contributed by atoms with Crippen LogP contribution in [-0.2, 0) is 9.47 Å². The second kappa shape index (κ2) is 24.5. The van der Waals surface area contributed by atoms with Crippen LogP contribution in [0.3, 0.4) is 0 Å². The molecule has 0 bridgehead atoms. The van der Waals surface area contributed by atoms with Crippen molar-refractivity contribution in [1.29, 1.82) is 0 Å². The van der Waals surface area contributed by atoms with E-state index in [-0.39, 0.29) is 56.2 Å². The van der Waals surface area contributed by atoms with Gasteiger partial charge in [-0.15, -0.1) is 0 Å². The Bertz CT molecular complexity index is 3220. The van der Waals surface area contributed by atoms with Gasteiger partial charge in [0.15, 0.2) is 26.7 Å². The van der Waals surface area contributed by atoms with Crippen LogP contribution in [-0.4, -0.2) is 84.4 Å². The van der Waals surface area contributed by atoms with Crippen LogP contribution < -0.4 is 31.3 Å². The van der Waals surface area contributed by atoms with Gasteiger partial charge in [-0.05, 0) is 97.5 Å². The molecule has 2 aromatic heterocycles. The molecule has 0 amide bonds. The fourth-order valence-corrected chi connectivity index (χ4v) is 8.42. The molecule has 2 heterocycles. The van der Waals surface area contributed by atoms with Crippen LogP contribution in [0.2, 0.25) is 0 Å². The molecule has 0 unspecified atom stereocenters. The molecule has 0 aliphatic carbocycles. The van der Waals surface area contributed by atoms with E-state index in [1.54, 1.807) is 36.4 Å². The van der Waals surface area contributed by atoms with Crippen molar-refractivity contribution in [2.45, 2.75) is 51.9 Å². The van der Waals surface area contributed by atoms with Crippen LogP contribution in [0, 0.1) is 27.7 Å². The second-order valence-electron chi connectivity index (χ2n) is 17.8. The van der Waals surface area contributed by atoms with Gasteiger partial charge in [0.2, 0.25) is 0 Å². The predicted molar refractivity (Wildman–Crippen MR) is 274 cm³/mol. The molecule has 0 atom stereocenters. The summed E-state index contributed by atoms with van der Waals surface area (Å²) in [5.41, 5.74) is 3.10. The number of carbonyl (C=O) groups is 2. The first kappa shape index (κ1) is 61.1. The maximum Gasteiger partial charge on any atom is 0.363 e. The van der Waals surface area contributed by atoms with Crippen molar-refractivity contribution in [3.8, 4) is 22.3 Å². The van der Waals surface area contributed by atoms with Crippen LogP contribution in [0.5, 0.6) is 0 Å². The molecule has 0 saturated carbocycles. The Hall–Kier alpha value is -8.13. The highest BCUT2D eigenvalue weighted by Crippen LogP contribution is 2.45. The second-order valence-corrected chi connectivity index (χ2v) is 17.8. The first-order chi connectivity index (χ1) is 37.5. The third-order valence-corrected chi connectivity index (χ3v) is 12.0. The number of esters is 2. The van der Waals surface area contributed by atoms with E-state index >= 15 is 0 Å². The third-order valence-electron chi connectivity index (χ3n) is 12.0. The van der Waals surface area contributed by atoms with Gasteiger partial charge in [-0.25, -0.2) is 36.0 Å². The summed E-state index contributed by atoms with van der Waals surface area (Å²) >= 11 is 0. The highest BCUT2D eigenvalue weighted by atomic mass is 19.3. The van der Waals surface area contributed by atoms with Crippen LogP contribution in [0.1, 0.15) is 43.0 Å². The first-order valence-corrected chi connectivity index (χ1v) is 23.4. The Morgan fingerprint density at radius 1 is 0.463 bits per heavy atom. The summed E-state index contributed by atoms with van der Waals surface area (Å²) in [5.74, 6) is -1.28. The topological polar surface area (TPSA) is 169 Å². The van der Waals surface area contributed by atoms with Crippen molar-refractivity contribution in [3.63, 3.8) is 0 Å². The molecule has 0 spiro atoms. The standard InChI is InChI=1S/2C27H23F6N2O3.BFO2/c2*1-14-8-18-22(10-20(14)34-26(30,31)12-28)38-23-11-21(35-27(32,33)13-29)15(2)9-19(23)24(18)16-6-4-5-7-17(16)25(36)37-3;2-1(3)4/h2*4-11,34-35H,12-13H2,1-3H3;/q2*+1;-2. The summed E-state index contributed by atoms with van der Waals surface area (Å²) < 4.78 is 193. The van der Waals surface area contributed by atoms with Crippen molar-refractivity contribution in [2.75, 3.05) is 62.2 Å². The SMILES string of the molecule is COC(=O)c1ccccc1-c1c2cc(C)c(NC(F)(F)CF)cc2[o+]c2cc(NC(F)(F)CF)c(C)cc12.COC(=O)c1ccccc1-c1c2cc(C)c(NC(F)(F)CF)cc2[o+]c2cc(NC(F)(F)CF)c(C)cc12.[O-]B([O-])F. The molecule has 12 nitrogen and oxygen atoms in total. The maximum absolute atomic E-state index is 13.8. The van der Waals surface area contributed by atoms with E-state index in [0.29, 0.717) is 66.1 Å². The monoisotopic (exact) mass is 1140 g/mol. The summed E-state index contributed by atoms with van der Waals surface area (Å²) in [7, 11) is -0.730. The van der Waals surface area contributed by atoms with E-state index in [9.17, 15) is 66.6 Å². The molecule has 26 heteroatoms. The minimum atomic E-state index is -3.85. The highest BCUT2D eigenvalue weighted by molar-refractivity contribution is 6.27. The Kier molecular flexibility index (Phi) is 18.7. The summed E-state index contributed by atoms with van der Waals surface area (Å²) in [4.78, 5) is 25.2. The Morgan fingerprint density at radius 3 is 0.900 bits per heavy atom. The number of nitrogens with one attached hydrogen (secondary N) is 4. The van der Waals surface area contributed by atoms with Crippen molar-refractivity contribution in [3.05, 3.63) is 130 Å². The van der Waals surface area contributed by atoms with Gasteiger partial charge in [-0.2, -0.15) is 35.1 Å². The molecular formula is C54H46BF13N4O8. The van der Waals surface area contributed by atoms with E-state index in [1.165, 1.54) is 103 Å². The molecule has 0 aliphatic heterocycles. The molecule has 8 aromatic rings. The third kappa shape index (κ3) is 14.0. The Balaban J connectivity index is 0.000000242. The van der Waals surface area contributed by atoms with Gasteiger partial charge in [0.1, 0.15) is 7.40 Å². The minimum Gasteiger partial charge on any atom is -0.867 e. The van der Waals surface area contributed by atoms with Crippen molar-refractivity contribution < 1.29 is 94.9 Å². The lowest BCUT2D eigenvalue weighted by Crippen LogP contribution is -2.39. The number of aryl methyl sites for hydroxylation is 4. The van der Waals surface area contributed by atoms with Crippen molar-refractivity contribution >= 4 is 86.0 Å². The molecule has 8 rings (SSSR count). The van der Waals surface area contributed by atoms with Crippen LogP contribution in [0.15, 0.2) is 106 Å². The quantitative estimate of drug-likeness (QED) is 0.0181. The van der Waals surface area contributed by atoms with Gasteiger partial charge in [0.25, 0.3) is 0 Å². The lowest BCUT2D eigenvalue weighted by atomic mass is 9.91. The van der Waals surface area contributed by atoms with Crippen molar-refractivity contribution in [2.24, 2.45) is 0 Å². The van der Waals surface area contributed by atoms with E-state index in [0.717, 1.165) is 0 Å². The molecule has 0 fully saturated rings. The number of rotatable bonds is 16. The molecule has 80 heavy (non-hydrogen) atoms. The normalized spacial score (nSPS) is 11.9. The molecule has 0 aliphatic rings. The molecule has 424 valence electrons. The number of fused-ring (bicyclic) bond motifs is 4. The molecule has 6 aromatic carbocycles. The largest absolute Gasteiger partial charge is 0.867 e. The van der Waals surface area contributed by atoms with E-state index in [2.05, 4.69) is 0 Å². The number of carbonyl (C=O) groups excluding carboxylic acids is 2. The predicted octanol–water partition coefficient (Wildman–Crippen LogP) is 13.4. The van der Waals surface area contributed by atoms with Gasteiger partial charge >= 0.3 is 58.5 Å². The summed E-state index contributed by atoms with van der Waals surface area (Å²) in [6.45, 7) is -1.66. The summed E-state index contributed by atoms with van der Waals surface area (Å²) in [6.07, 6.45) is 0. The van der Waals surface area contributed by atoms with E-state index in [1.807, 2.05) is 21.3 Å². The van der Waals surface area contributed by atoms with Gasteiger partial charge in [-0.3, -0.25) is 0 Å². The first-order valence-electron chi connectivity index (χ1n) is 23.4. The number of anilines is 4. The number of halogens is 13. The van der Waals surface area contributed by atoms with Crippen LogP contribution in [0.25, 0.3) is 66.1 Å². The molecule has 0 saturated heterocycles. The highest BCUT2D eigenvalue weighted by Gasteiger charge is 2.36. The Morgan fingerprint density at radius 2 is 0.688 bits per heavy atom. The number of ether oxygens (including phenoxy) is 2. The fourth-order valence-electron chi connectivity index (χ4n) is 8.42. The zero-order chi connectivity index (χ0) is 59.2. The lowest BCUT2D eigenvalue weighted by molar-refractivity contribution is -0.366. The lowest BCUT2D eigenvalue weighted by Gasteiger charge is -2.18. The van der Waals surface area contributed by atoms with E-state index < -0.39 is 70.2 Å². The van der Waals surface area contributed by atoms with E-state index in [4.69, 9.17) is 28.4 Å². The molecular weight excluding hydrogens is 1090 g/mol. The minimum absolute atomic E-state index is 0.0435. The number of hydrogen-bond acceptors (Lipinski definition) is 10. The number of hydrogen-bond donors (Lipinski definition) is 4. The van der Waals surface area contributed by atoms with Crippen molar-refractivity contribution in [1.82, 2.24) is 0 Å². The molecule has 0 radical (unpaired) electrons. The zero-order valence-electron chi connectivity index (χ0n) is 42.8. The zero-order valence-corrected chi connectivity index (χ0v) is 42.8. The average Bonchev–Trinajstić information content (AvgIpc) is 3.42. The maximum atomic E-state index is 13.8. The van der Waals surface area contributed by atoms with Gasteiger partial charge < -0.3 is 45.1 Å². The van der Waals surface area contributed by atoms with Gasteiger partial charge in [0, 0.05) is 11.1 Å². The number of methoxy groups -OCH3 is 2. The summed E-state index contributed by atoms with van der Waals surface area (Å²) in [6, 6.07) is 8.72. The average molecular weight is 1140 g/mol. The van der Waals surface area contributed by atoms with Gasteiger partial charge in [0.05, 0.1) is 93.9 Å². The fraction of sp³-hybridized carbons (Fsp3) is 0.259. The van der Waals surface area contributed by atoms with Crippen LogP contribution >= 0.6 is 0 Å². The molecule has 4 N–H and O–H groups in total. The Labute approximate surface area is 446 Å².